The maximum absolute atomic E-state index is 13.4. The number of benzene rings is 2. The number of carbonyl (C=O) groups is 2. The van der Waals surface area contributed by atoms with E-state index in [9.17, 15) is 18.0 Å². The first-order chi connectivity index (χ1) is 18.0. The number of nitrogens with zero attached hydrogens (tertiary/aromatic N) is 2. The third-order valence-electron chi connectivity index (χ3n) is 6.43. The molecule has 208 valence electrons. The molecule has 2 atom stereocenters. The first-order valence-corrected chi connectivity index (χ1v) is 14.9. The number of hydrogen-bond donors (Lipinski definition) is 1. The highest BCUT2D eigenvalue weighted by Crippen LogP contribution is 2.34. The van der Waals surface area contributed by atoms with Gasteiger partial charge in [-0.15, -0.1) is 0 Å². The van der Waals surface area contributed by atoms with Crippen molar-refractivity contribution in [2.45, 2.75) is 58.7 Å². The summed E-state index contributed by atoms with van der Waals surface area (Å²) < 4.78 is 37.6. The largest absolute Gasteiger partial charge is 0.486 e. The molecule has 0 aliphatic carbocycles. The number of sulfonamides is 1. The Hall–Kier alpha value is -2.98. The van der Waals surface area contributed by atoms with E-state index in [4.69, 9.17) is 21.1 Å². The lowest BCUT2D eigenvalue weighted by Gasteiger charge is -2.30. The predicted molar refractivity (Wildman–Crippen MR) is 148 cm³/mol. The topological polar surface area (TPSA) is 105 Å². The van der Waals surface area contributed by atoms with Gasteiger partial charge in [0.1, 0.15) is 19.3 Å². The van der Waals surface area contributed by atoms with E-state index < -0.39 is 16.1 Å². The highest BCUT2D eigenvalue weighted by molar-refractivity contribution is 7.92. The fraction of sp³-hybridized carbons (Fsp3) is 0.481. The molecule has 1 aliphatic heterocycles. The zero-order valence-electron chi connectivity index (χ0n) is 22.3. The van der Waals surface area contributed by atoms with Gasteiger partial charge in [-0.2, -0.15) is 0 Å². The summed E-state index contributed by atoms with van der Waals surface area (Å²) in [7, 11) is -3.63. The van der Waals surface area contributed by atoms with Gasteiger partial charge in [-0.3, -0.25) is 13.9 Å². The molecular weight excluding hydrogens is 530 g/mol. The van der Waals surface area contributed by atoms with Crippen LogP contribution in [-0.2, 0) is 26.2 Å². The van der Waals surface area contributed by atoms with Gasteiger partial charge >= 0.3 is 0 Å². The van der Waals surface area contributed by atoms with Crippen molar-refractivity contribution in [1.29, 1.82) is 0 Å². The number of hydrogen-bond acceptors (Lipinski definition) is 6. The second-order valence-corrected chi connectivity index (χ2v) is 11.7. The van der Waals surface area contributed by atoms with Crippen LogP contribution in [0.1, 0.15) is 45.6 Å². The van der Waals surface area contributed by atoms with Crippen molar-refractivity contribution in [3.8, 4) is 11.5 Å². The third-order valence-corrected chi connectivity index (χ3v) is 8.00. The van der Waals surface area contributed by atoms with Crippen molar-refractivity contribution in [2.24, 2.45) is 0 Å². The third kappa shape index (κ3) is 7.77. The summed E-state index contributed by atoms with van der Waals surface area (Å²) in [5.41, 5.74) is 1.15. The Balaban J connectivity index is 1.75. The van der Waals surface area contributed by atoms with Gasteiger partial charge < -0.3 is 19.7 Å². The second-order valence-electron chi connectivity index (χ2n) is 9.37. The minimum absolute atomic E-state index is 0.0310. The zero-order chi connectivity index (χ0) is 27.9. The monoisotopic (exact) mass is 565 g/mol. The molecule has 0 spiro atoms. The lowest BCUT2D eigenvalue weighted by molar-refractivity contribution is -0.140. The van der Waals surface area contributed by atoms with Crippen molar-refractivity contribution >= 4 is 39.1 Å². The molecule has 0 bridgehead atoms. The van der Waals surface area contributed by atoms with Crippen molar-refractivity contribution in [3.63, 3.8) is 0 Å². The van der Waals surface area contributed by atoms with Crippen LogP contribution in [0.3, 0.4) is 0 Å². The fourth-order valence-electron chi connectivity index (χ4n) is 4.05. The van der Waals surface area contributed by atoms with Crippen LogP contribution in [0.15, 0.2) is 42.5 Å². The van der Waals surface area contributed by atoms with Crippen LogP contribution in [-0.4, -0.2) is 63.2 Å². The highest BCUT2D eigenvalue weighted by Gasteiger charge is 2.28. The Morgan fingerprint density at radius 3 is 2.42 bits per heavy atom. The van der Waals surface area contributed by atoms with E-state index in [1.54, 1.807) is 37.3 Å². The Kier molecular flexibility index (Phi) is 10.3. The van der Waals surface area contributed by atoms with E-state index in [1.165, 1.54) is 9.21 Å². The summed E-state index contributed by atoms with van der Waals surface area (Å²) in [6, 6.07) is 11.4. The molecule has 1 N–H and O–H groups in total. The van der Waals surface area contributed by atoms with Crippen LogP contribution in [0.2, 0.25) is 5.02 Å². The molecule has 11 heteroatoms. The van der Waals surface area contributed by atoms with Crippen molar-refractivity contribution in [1.82, 2.24) is 10.2 Å². The number of rotatable bonds is 12. The lowest BCUT2D eigenvalue weighted by Crippen LogP contribution is -2.49. The van der Waals surface area contributed by atoms with Gasteiger partial charge in [-0.1, -0.05) is 36.7 Å². The molecule has 3 rings (SSSR count). The summed E-state index contributed by atoms with van der Waals surface area (Å²) in [6.07, 6.45) is 2.18. The molecule has 38 heavy (non-hydrogen) atoms. The zero-order valence-corrected chi connectivity index (χ0v) is 23.8. The first kappa shape index (κ1) is 29.6. The SMILES string of the molecule is CC[C@@H](C)NC(=O)[C@H](C)N(Cc1ccccc1Cl)C(=O)CCCN(c1ccc2c(c1)OCCO2)S(C)(=O)=O. The number of anilines is 1. The van der Waals surface area contributed by atoms with Crippen LogP contribution in [0.4, 0.5) is 5.69 Å². The average Bonchev–Trinajstić information content (AvgIpc) is 2.89. The molecule has 0 fully saturated rings. The Morgan fingerprint density at radius 2 is 1.76 bits per heavy atom. The Bertz CT molecular complexity index is 1240. The molecule has 0 unspecified atom stereocenters. The molecular formula is C27H36ClN3O6S. The average molecular weight is 566 g/mol. The molecule has 9 nitrogen and oxygen atoms in total. The van der Waals surface area contributed by atoms with Crippen LogP contribution >= 0.6 is 11.6 Å². The van der Waals surface area contributed by atoms with E-state index in [2.05, 4.69) is 5.32 Å². The van der Waals surface area contributed by atoms with Gasteiger partial charge in [0.15, 0.2) is 11.5 Å². The smallest absolute Gasteiger partial charge is 0.242 e. The normalized spacial score (nSPS) is 14.3. The molecule has 2 aromatic carbocycles. The minimum atomic E-state index is -3.63. The van der Waals surface area contributed by atoms with E-state index in [-0.39, 0.29) is 43.8 Å². The van der Waals surface area contributed by atoms with E-state index in [0.29, 0.717) is 35.4 Å². The van der Waals surface area contributed by atoms with Gasteiger partial charge in [0.05, 0.1) is 11.9 Å². The Morgan fingerprint density at radius 1 is 1.08 bits per heavy atom. The molecule has 0 saturated carbocycles. The molecule has 1 aliphatic rings. The molecule has 0 aromatic heterocycles. The summed E-state index contributed by atoms with van der Waals surface area (Å²) >= 11 is 6.35. The number of fused-ring (bicyclic) bond motifs is 1. The van der Waals surface area contributed by atoms with Crippen LogP contribution < -0.4 is 19.1 Å². The predicted octanol–water partition coefficient (Wildman–Crippen LogP) is 3.99. The number of nitrogens with one attached hydrogen (secondary N) is 1. The molecule has 2 aromatic rings. The standard InChI is InChI=1S/C27H36ClN3O6S/c1-5-19(2)29-27(33)20(3)30(18-21-9-6-7-10-23(21)28)26(32)11-8-14-31(38(4,34)35)22-12-13-24-25(17-22)37-16-15-36-24/h6-7,9-10,12-13,17,19-20H,5,8,11,14-16,18H2,1-4H3,(H,29,33)/t19-,20+/m1/s1. The van der Waals surface area contributed by atoms with Crippen LogP contribution in [0.5, 0.6) is 11.5 Å². The van der Waals surface area contributed by atoms with Gasteiger partial charge in [0.2, 0.25) is 21.8 Å². The van der Waals surface area contributed by atoms with Crippen LogP contribution in [0.25, 0.3) is 0 Å². The molecule has 0 radical (unpaired) electrons. The quantitative estimate of drug-likeness (QED) is 0.417. The highest BCUT2D eigenvalue weighted by atomic mass is 35.5. The summed E-state index contributed by atoms with van der Waals surface area (Å²) in [6.45, 7) is 6.62. The molecule has 0 saturated heterocycles. The second kappa shape index (κ2) is 13.2. The summed E-state index contributed by atoms with van der Waals surface area (Å²) in [5.74, 6) is 0.509. The summed E-state index contributed by atoms with van der Waals surface area (Å²) in [4.78, 5) is 27.8. The number of amides is 2. The molecule has 2 amide bonds. The van der Waals surface area contributed by atoms with Crippen molar-refractivity contribution < 1.29 is 27.5 Å². The maximum atomic E-state index is 13.4. The van der Waals surface area contributed by atoms with Gasteiger partial charge in [-0.25, -0.2) is 8.42 Å². The number of halogens is 1. The van der Waals surface area contributed by atoms with Gasteiger partial charge in [-0.05, 0) is 50.5 Å². The van der Waals surface area contributed by atoms with Gasteiger partial charge in [0.25, 0.3) is 0 Å². The summed E-state index contributed by atoms with van der Waals surface area (Å²) in [5, 5.41) is 3.43. The van der Waals surface area contributed by atoms with E-state index in [0.717, 1.165) is 18.2 Å². The lowest BCUT2D eigenvalue weighted by atomic mass is 10.1. The first-order valence-electron chi connectivity index (χ1n) is 12.7. The maximum Gasteiger partial charge on any atom is 0.242 e. The van der Waals surface area contributed by atoms with Crippen molar-refractivity contribution in [2.75, 3.05) is 30.3 Å². The molecule has 1 heterocycles. The fourth-order valence-corrected chi connectivity index (χ4v) is 5.20. The van der Waals surface area contributed by atoms with Crippen LogP contribution in [0, 0.1) is 0 Å². The number of ether oxygens (including phenoxy) is 2. The van der Waals surface area contributed by atoms with E-state index >= 15 is 0 Å². The minimum Gasteiger partial charge on any atom is -0.486 e. The van der Waals surface area contributed by atoms with Gasteiger partial charge in [0, 0.05) is 36.6 Å². The number of carbonyl (C=O) groups excluding carboxylic acids is 2. The Labute approximate surface area is 230 Å². The van der Waals surface area contributed by atoms with E-state index in [1.807, 2.05) is 26.0 Å². The van der Waals surface area contributed by atoms with Crippen molar-refractivity contribution in [3.05, 3.63) is 53.1 Å².